The number of hydrogen-bond acceptors (Lipinski definition) is 4. The van der Waals surface area contributed by atoms with E-state index in [9.17, 15) is 4.79 Å². The Kier molecular flexibility index (Phi) is 4.66. The van der Waals surface area contributed by atoms with Crippen LogP contribution in [0.2, 0.25) is 0 Å². The van der Waals surface area contributed by atoms with E-state index in [1.165, 1.54) is 0 Å². The first-order valence-corrected chi connectivity index (χ1v) is 9.64. The number of pyridine rings is 1. The fourth-order valence-corrected chi connectivity index (χ4v) is 3.71. The zero-order valence-electron chi connectivity index (χ0n) is 17.3. The second-order valence-corrected chi connectivity index (χ2v) is 7.16. The molecule has 0 saturated heterocycles. The normalized spacial score (nSPS) is 11.2. The van der Waals surface area contributed by atoms with Gasteiger partial charge in [-0.2, -0.15) is 10.2 Å². The highest BCUT2D eigenvalue weighted by atomic mass is 16.1. The molecular formula is C22H24N6O. The van der Waals surface area contributed by atoms with E-state index in [1.54, 1.807) is 6.20 Å². The number of rotatable bonds is 4. The number of anilines is 1. The molecule has 0 aliphatic carbocycles. The van der Waals surface area contributed by atoms with Crippen molar-refractivity contribution in [2.75, 3.05) is 5.32 Å². The van der Waals surface area contributed by atoms with Gasteiger partial charge in [0, 0.05) is 30.2 Å². The molecule has 0 bridgehead atoms. The summed E-state index contributed by atoms with van der Waals surface area (Å²) in [5.74, 6) is -0.178. The number of aromatic nitrogens is 5. The van der Waals surface area contributed by atoms with E-state index in [-0.39, 0.29) is 5.91 Å². The number of aryl methyl sites for hydroxylation is 3. The van der Waals surface area contributed by atoms with Gasteiger partial charge in [0.15, 0.2) is 0 Å². The first kappa shape index (κ1) is 18.9. The Morgan fingerprint density at radius 3 is 2.55 bits per heavy atom. The van der Waals surface area contributed by atoms with Gasteiger partial charge >= 0.3 is 0 Å². The van der Waals surface area contributed by atoms with Crippen molar-refractivity contribution in [3.63, 3.8) is 0 Å². The molecule has 0 saturated carbocycles. The summed E-state index contributed by atoms with van der Waals surface area (Å²) in [6.45, 7) is 8.69. The van der Waals surface area contributed by atoms with Crippen molar-refractivity contribution in [3.8, 4) is 11.3 Å². The predicted octanol–water partition coefficient (Wildman–Crippen LogP) is 4.03. The van der Waals surface area contributed by atoms with Crippen LogP contribution in [0.25, 0.3) is 22.2 Å². The summed E-state index contributed by atoms with van der Waals surface area (Å²) in [6.07, 6.45) is 1.69. The van der Waals surface area contributed by atoms with Crippen LogP contribution in [0.15, 0.2) is 36.5 Å². The van der Waals surface area contributed by atoms with Gasteiger partial charge in [-0.05, 0) is 39.8 Å². The van der Waals surface area contributed by atoms with Crippen molar-refractivity contribution in [1.82, 2.24) is 24.5 Å². The molecule has 0 atom stereocenters. The maximum absolute atomic E-state index is 13.2. The summed E-state index contributed by atoms with van der Waals surface area (Å²) >= 11 is 0. The minimum absolute atomic E-state index is 0.178. The van der Waals surface area contributed by atoms with Crippen LogP contribution in [-0.2, 0) is 13.6 Å². The molecule has 0 aliphatic rings. The van der Waals surface area contributed by atoms with Crippen LogP contribution in [-0.4, -0.2) is 30.5 Å². The molecule has 4 rings (SSSR count). The van der Waals surface area contributed by atoms with Gasteiger partial charge in [-0.3, -0.25) is 14.2 Å². The van der Waals surface area contributed by atoms with E-state index in [4.69, 9.17) is 4.98 Å². The fourth-order valence-electron chi connectivity index (χ4n) is 3.71. The van der Waals surface area contributed by atoms with Crippen LogP contribution in [0.1, 0.15) is 34.4 Å². The van der Waals surface area contributed by atoms with Crippen LogP contribution in [0.5, 0.6) is 0 Å². The monoisotopic (exact) mass is 388 g/mol. The largest absolute Gasteiger partial charge is 0.319 e. The second-order valence-electron chi connectivity index (χ2n) is 7.16. The predicted molar refractivity (Wildman–Crippen MR) is 114 cm³/mol. The molecule has 7 nitrogen and oxygen atoms in total. The molecule has 4 aromatic rings. The zero-order chi connectivity index (χ0) is 20.7. The minimum Gasteiger partial charge on any atom is -0.319 e. The molecule has 1 aromatic carbocycles. The molecule has 1 N–H and O–H groups in total. The van der Waals surface area contributed by atoms with Crippen LogP contribution in [0, 0.1) is 20.8 Å². The molecule has 29 heavy (non-hydrogen) atoms. The first-order chi connectivity index (χ1) is 13.9. The van der Waals surface area contributed by atoms with E-state index in [0.717, 1.165) is 45.8 Å². The molecule has 7 heteroatoms. The Morgan fingerprint density at radius 2 is 1.90 bits per heavy atom. The molecule has 0 fully saturated rings. The lowest BCUT2D eigenvalue weighted by molar-refractivity contribution is 0.102. The third-order valence-corrected chi connectivity index (χ3v) is 5.38. The van der Waals surface area contributed by atoms with Gasteiger partial charge < -0.3 is 5.32 Å². The Morgan fingerprint density at radius 1 is 1.14 bits per heavy atom. The van der Waals surface area contributed by atoms with Gasteiger partial charge in [-0.25, -0.2) is 4.98 Å². The van der Waals surface area contributed by atoms with Gasteiger partial charge in [0.2, 0.25) is 0 Å². The van der Waals surface area contributed by atoms with Crippen molar-refractivity contribution < 1.29 is 4.79 Å². The van der Waals surface area contributed by atoms with Gasteiger partial charge in [-0.15, -0.1) is 0 Å². The summed E-state index contributed by atoms with van der Waals surface area (Å²) in [6, 6.07) is 9.55. The smallest absolute Gasteiger partial charge is 0.256 e. The van der Waals surface area contributed by atoms with Crippen molar-refractivity contribution in [1.29, 1.82) is 0 Å². The number of para-hydroxylation sites is 1. The number of nitrogens with one attached hydrogen (secondary N) is 1. The number of nitrogens with zero attached hydrogens (tertiary/aromatic N) is 5. The standard InChI is InChI=1S/C22H24N6O/c1-6-28-14(3)20(12-23-28)25-22(29)17-11-19(21-13(2)26-27(5)15(21)4)24-18-10-8-7-9-16(17)18/h7-12H,6H2,1-5H3,(H,25,29). The van der Waals surface area contributed by atoms with E-state index >= 15 is 0 Å². The number of hydrogen-bond donors (Lipinski definition) is 1. The summed E-state index contributed by atoms with van der Waals surface area (Å²) in [7, 11) is 1.91. The van der Waals surface area contributed by atoms with Gasteiger partial charge in [0.1, 0.15) is 0 Å². The lowest BCUT2D eigenvalue weighted by Crippen LogP contribution is -2.14. The maximum atomic E-state index is 13.2. The average Bonchev–Trinajstić information content (AvgIpc) is 3.18. The molecule has 0 radical (unpaired) electrons. The van der Waals surface area contributed by atoms with Crippen LogP contribution in [0.4, 0.5) is 5.69 Å². The number of amides is 1. The van der Waals surface area contributed by atoms with Gasteiger partial charge in [0.25, 0.3) is 5.91 Å². The molecular weight excluding hydrogens is 364 g/mol. The minimum atomic E-state index is -0.178. The summed E-state index contributed by atoms with van der Waals surface area (Å²) < 4.78 is 3.69. The quantitative estimate of drug-likeness (QED) is 0.573. The molecule has 3 aromatic heterocycles. The highest BCUT2D eigenvalue weighted by molar-refractivity contribution is 6.13. The van der Waals surface area contributed by atoms with Gasteiger partial charge in [0.05, 0.1) is 40.0 Å². The third-order valence-electron chi connectivity index (χ3n) is 5.38. The lowest BCUT2D eigenvalue weighted by Gasteiger charge is -2.11. The molecule has 0 unspecified atom stereocenters. The Bertz CT molecular complexity index is 1230. The second kappa shape index (κ2) is 7.16. The number of fused-ring (bicyclic) bond motifs is 1. The van der Waals surface area contributed by atoms with Crippen molar-refractivity contribution in [3.05, 3.63) is 59.2 Å². The molecule has 3 heterocycles. The highest BCUT2D eigenvalue weighted by Gasteiger charge is 2.19. The fraction of sp³-hybridized carbons (Fsp3) is 0.273. The van der Waals surface area contributed by atoms with Crippen LogP contribution in [0.3, 0.4) is 0 Å². The summed E-state index contributed by atoms with van der Waals surface area (Å²) in [5.41, 5.74) is 6.61. The van der Waals surface area contributed by atoms with Crippen molar-refractivity contribution in [2.24, 2.45) is 7.05 Å². The Hall–Kier alpha value is -3.48. The number of carbonyl (C=O) groups is 1. The third kappa shape index (κ3) is 3.18. The number of benzene rings is 1. The number of carbonyl (C=O) groups excluding carboxylic acids is 1. The van der Waals surface area contributed by atoms with E-state index < -0.39 is 0 Å². The van der Waals surface area contributed by atoms with E-state index in [2.05, 4.69) is 15.5 Å². The van der Waals surface area contributed by atoms with Crippen LogP contribution >= 0.6 is 0 Å². The van der Waals surface area contributed by atoms with Gasteiger partial charge in [-0.1, -0.05) is 18.2 Å². The van der Waals surface area contributed by atoms with E-state index in [0.29, 0.717) is 11.3 Å². The molecule has 1 amide bonds. The highest BCUT2D eigenvalue weighted by Crippen LogP contribution is 2.29. The van der Waals surface area contributed by atoms with Crippen molar-refractivity contribution in [2.45, 2.75) is 34.2 Å². The van der Waals surface area contributed by atoms with Crippen LogP contribution < -0.4 is 5.32 Å². The van der Waals surface area contributed by atoms with Crippen molar-refractivity contribution >= 4 is 22.5 Å². The lowest BCUT2D eigenvalue weighted by atomic mass is 10.0. The maximum Gasteiger partial charge on any atom is 0.256 e. The molecule has 148 valence electrons. The van der Waals surface area contributed by atoms with E-state index in [1.807, 2.05) is 74.4 Å². The summed E-state index contributed by atoms with van der Waals surface area (Å²) in [4.78, 5) is 18.1. The topological polar surface area (TPSA) is 77.6 Å². The zero-order valence-corrected chi connectivity index (χ0v) is 17.3. The average molecular weight is 388 g/mol. The first-order valence-electron chi connectivity index (χ1n) is 9.64. The SMILES string of the molecule is CCn1ncc(NC(=O)c2cc(-c3c(C)nn(C)c3C)nc3ccccc23)c1C. The Balaban J connectivity index is 1.84. The summed E-state index contributed by atoms with van der Waals surface area (Å²) in [5, 5.41) is 12.6. The Labute approximate surface area is 169 Å². The molecule has 0 spiro atoms. The molecule has 0 aliphatic heterocycles.